The molecule has 0 bridgehead atoms. The summed E-state index contributed by atoms with van der Waals surface area (Å²) in [6.45, 7) is 4.56. The normalized spacial score (nSPS) is 23.6. The van der Waals surface area contributed by atoms with Gasteiger partial charge in [-0.1, -0.05) is 13.8 Å². The Labute approximate surface area is 91.5 Å². The maximum Gasteiger partial charge on any atom is 0.232 e. The minimum Gasteiger partial charge on any atom is -0.212 e. The molecule has 0 saturated heterocycles. The van der Waals surface area contributed by atoms with Gasteiger partial charge in [0.25, 0.3) is 0 Å². The summed E-state index contributed by atoms with van der Waals surface area (Å²) in [5, 5.41) is 0. The van der Waals surface area contributed by atoms with Crippen molar-refractivity contribution >= 4 is 19.7 Å². The second kappa shape index (κ2) is 4.40. The lowest BCUT2D eigenvalue weighted by molar-refractivity contribution is 0.189. The highest BCUT2D eigenvalue weighted by Gasteiger charge is 2.27. The average molecular weight is 239 g/mol. The quantitative estimate of drug-likeness (QED) is 0.708. The molecule has 0 amide bonds. The fourth-order valence-electron chi connectivity index (χ4n) is 2.06. The molecular weight excluding hydrogens is 220 g/mol. The van der Waals surface area contributed by atoms with Gasteiger partial charge in [0, 0.05) is 10.7 Å². The molecule has 0 aliphatic heterocycles. The lowest BCUT2D eigenvalue weighted by Crippen LogP contribution is -2.22. The third-order valence-corrected chi connectivity index (χ3v) is 4.41. The van der Waals surface area contributed by atoms with Crippen LogP contribution in [0.2, 0.25) is 0 Å². The maximum atomic E-state index is 10.8. The van der Waals surface area contributed by atoms with E-state index in [1.807, 2.05) is 0 Å². The van der Waals surface area contributed by atoms with Gasteiger partial charge in [-0.2, -0.15) is 0 Å². The third-order valence-electron chi connectivity index (χ3n) is 3.23. The summed E-state index contributed by atoms with van der Waals surface area (Å²) in [6, 6.07) is 0. The van der Waals surface area contributed by atoms with Gasteiger partial charge in [0.05, 0.1) is 5.75 Å². The van der Waals surface area contributed by atoms with E-state index in [1.165, 1.54) is 12.8 Å². The van der Waals surface area contributed by atoms with Crippen LogP contribution in [0.25, 0.3) is 0 Å². The highest BCUT2D eigenvalue weighted by Crippen LogP contribution is 2.39. The van der Waals surface area contributed by atoms with Gasteiger partial charge in [0.1, 0.15) is 0 Å². The number of rotatable bonds is 3. The van der Waals surface area contributed by atoms with Crippen LogP contribution >= 0.6 is 10.7 Å². The van der Waals surface area contributed by atoms with Crippen molar-refractivity contribution in [1.82, 2.24) is 0 Å². The third kappa shape index (κ3) is 4.65. The van der Waals surface area contributed by atoms with Crippen molar-refractivity contribution in [3.63, 3.8) is 0 Å². The summed E-state index contributed by atoms with van der Waals surface area (Å²) < 4.78 is 21.5. The van der Waals surface area contributed by atoms with E-state index in [0.29, 0.717) is 11.3 Å². The fraction of sp³-hybridized carbons (Fsp3) is 1.00. The minimum absolute atomic E-state index is 0.139. The summed E-state index contributed by atoms with van der Waals surface area (Å²) in [5.74, 6) is 0.705. The molecule has 1 fully saturated rings. The van der Waals surface area contributed by atoms with Gasteiger partial charge in [-0.15, -0.1) is 0 Å². The predicted molar refractivity (Wildman–Crippen MR) is 60.0 cm³/mol. The van der Waals surface area contributed by atoms with E-state index in [2.05, 4.69) is 13.8 Å². The second-order valence-corrected chi connectivity index (χ2v) is 8.04. The lowest BCUT2D eigenvalue weighted by atomic mass is 9.72. The van der Waals surface area contributed by atoms with Crippen LogP contribution < -0.4 is 0 Å². The second-order valence-electron chi connectivity index (χ2n) is 5.14. The first kappa shape index (κ1) is 12.3. The molecule has 0 spiro atoms. The predicted octanol–water partition coefficient (Wildman–Crippen LogP) is 3.16. The number of hydrogen-bond acceptors (Lipinski definition) is 2. The van der Waals surface area contributed by atoms with Gasteiger partial charge in [0.15, 0.2) is 0 Å². The molecule has 0 heterocycles. The average Bonchev–Trinajstić information content (AvgIpc) is 2.01. The van der Waals surface area contributed by atoms with Crippen molar-refractivity contribution in [2.75, 3.05) is 5.75 Å². The van der Waals surface area contributed by atoms with Crippen LogP contribution in [0.15, 0.2) is 0 Å². The Balaban J connectivity index is 2.30. The zero-order chi connectivity index (χ0) is 10.8. The highest BCUT2D eigenvalue weighted by molar-refractivity contribution is 8.13. The van der Waals surface area contributed by atoms with Gasteiger partial charge in [0.2, 0.25) is 9.05 Å². The van der Waals surface area contributed by atoms with E-state index in [9.17, 15) is 8.42 Å². The summed E-state index contributed by atoms with van der Waals surface area (Å²) in [7, 11) is 1.90. The summed E-state index contributed by atoms with van der Waals surface area (Å²) in [5.41, 5.74) is 0.455. The van der Waals surface area contributed by atoms with Crippen LogP contribution in [0.4, 0.5) is 0 Å². The van der Waals surface area contributed by atoms with Gasteiger partial charge in [-0.05, 0) is 43.4 Å². The van der Waals surface area contributed by atoms with Crippen molar-refractivity contribution in [2.45, 2.75) is 46.0 Å². The molecule has 84 valence electrons. The van der Waals surface area contributed by atoms with E-state index in [-0.39, 0.29) is 5.75 Å². The highest BCUT2D eigenvalue weighted by atomic mass is 35.7. The monoisotopic (exact) mass is 238 g/mol. The van der Waals surface area contributed by atoms with Gasteiger partial charge < -0.3 is 0 Å². The summed E-state index contributed by atoms with van der Waals surface area (Å²) in [6.07, 6.45) is 5.46. The summed E-state index contributed by atoms with van der Waals surface area (Å²) >= 11 is 0. The Hall–Kier alpha value is 0.240. The van der Waals surface area contributed by atoms with Crippen LogP contribution in [0.3, 0.4) is 0 Å². The van der Waals surface area contributed by atoms with Crippen molar-refractivity contribution in [3.05, 3.63) is 0 Å². The molecule has 0 unspecified atom stereocenters. The molecule has 4 heteroatoms. The van der Waals surface area contributed by atoms with Crippen molar-refractivity contribution in [2.24, 2.45) is 11.3 Å². The van der Waals surface area contributed by atoms with Crippen LogP contribution in [-0.4, -0.2) is 14.2 Å². The molecule has 0 N–H and O–H groups in total. The Kier molecular flexibility index (Phi) is 3.87. The van der Waals surface area contributed by atoms with Crippen LogP contribution in [0.1, 0.15) is 46.0 Å². The van der Waals surface area contributed by atoms with Crippen molar-refractivity contribution in [1.29, 1.82) is 0 Å². The molecule has 2 nitrogen and oxygen atoms in total. The van der Waals surface area contributed by atoms with E-state index in [1.54, 1.807) is 0 Å². The van der Waals surface area contributed by atoms with E-state index in [4.69, 9.17) is 10.7 Å². The zero-order valence-corrected chi connectivity index (χ0v) is 10.5. The first-order valence-electron chi connectivity index (χ1n) is 5.21. The van der Waals surface area contributed by atoms with E-state index >= 15 is 0 Å². The molecular formula is C10H19ClO2S. The molecule has 1 aliphatic rings. The number of hydrogen-bond donors (Lipinski definition) is 0. The Morgan fingerprint density at radius 3 is 2.21 bits per heavy atom. The van der Waals surface area contributed by atoms with Gasteiger partial charge in [-0.3, -0.25) is 0 Å². The largest absolute Gasteiger partial charge is 0.232 e. The van der Waals surface area contributed by atoms with Gasteiger partial charge >= 0.3 is 0 Å². The first-order chi connectivity index (χ1) is 6.29. The molecule has 0 aromatic heterocycles. The molecule has 1 aliphatic carbocycles. The molecule has 1 saturated carbocycles. The number of halogens is 1. The Morgan fingerprint density at radius 2 is 1.79 bits per heavy atom. The smallest absolute Gasteiger partial charge is 0.212 e. The molecule has 0 aromatic carbocycles. The first-order valence-corrected chi connectivity index (χ1v) is 7.69. The Bertz CT molecular complexity index is 272. The van der Waals surface area contributed by atoms with E-state index in [0.717, 1.165) is 19.3 Å². The summed E-state index contributed by atoms with van der Waals surface area (Å²) in [4.78, 5) is 0. The van der Waals surface area contributed by atoms with Crippen molar-refractivity contribution < 1.29 is 8.42 Å². The Morgan fingerprint density at radius 1 is 1.29 bits per heavy atom. The molecule has 0 radical (unpaired) electrons. The maximum absolute atomic E-state index is 10.8. The van der Waals surface area contributed by atoms with Crippen LogP contribution in [0, 0.1) is 11.3 Å². The minimum atomic E-state index is -3.28. The molecule has 0 atom stereocenters. The van der Waals surface area contributed by atoms with E-state index < -0.39 is 9.05 Å². The van der Waals surface area contributed by atoms with Crippen LogP contribution in [-0.2, 0) is 9.05 Å². The van der Waals surface area contributed by atoms with Crippen LogP contribution in [0.5, 0.6) is 0 Å². The topological polar surface area (TPSA) is 34.1 Å². The fourth-order valence-corrected chi connectivity index (χ4v) is 2.94. The molecule has 14 heavy (non-hydrogen) atoms. The molecule has 1 rings (SSSR count). The van der Waals surface area contributed by atoms with Gasteiger partial charge in [-0.25, -0.2) is 8.42 Å². The molecule has 0 aromatic rings. The zero-order valence-electron chi connectivity index (χ0n) is 8.92. The standard InChI is InChI=1S/C10H19ClO2S/c1-10(2)6-3-9(4-7-10)5-8-14(11,12)13/h9H,3-8H2,1-2H3. The van der Waals surface area contributed by atoms with Crippen molar-refractivity contribution in [3.8, 4) is 0 Å². The lowest BCUT2D eigenvalue weighted by Gasteiger charge is -2.34. The SMILES string of the molecule is CC1(C)CCC(CCS(=O)(=O)Cl)CC1.